The first kappa shape index (κ1) is 16.5. The Kier molecular flexibility index (Phi) is 4.47. The van der Waals surface area contributed by atoms with Crippen molar-refractivity contribution in [3.05, 3.63) is 39.8 Å². The summed E-state index contributed by atoms with van der Waals surface area (Å²) in [6.07, 6.45) is 2.63. The average Bonchev–Trinajstić information content (AvgIpc) is 3.26. The molecule has 3 aromatic heterocycles. The highest BCUT2D eigenvalue weighted by atomic mass is 79.9. The van der Waals surface area contributed by atoms with Crippen molar-refractivity contribution in [3.8, 4) is 0 Å². The highest BCUT2D eigenvalue weighted by Crippen LogP contribution is 2.31. The molecular weight excluding hydrogens is 404 g/mol. The van der Waals surface area contributed by atoms with Gasteiger partial charge in [-0.3, -0.25) is 4.79 Å². The van der Waals surface area contributed by atoms with E-state index in [1.54, 1.807) is 29.8 Å². The largest absolute Gasteiger partial charge is 0.444 e. The molecule has 25 heavy (non-hydrogen) atoms. The molecule has 0 unspecified atom stereocenters. The second-order valence-corrected chi connectivity index (χ2v) is 7.76. The number of carbonyl (C=O) groups excluding carboxylic acids is 1. The van der Waals surface area contributed by atoms with Crippen molar-refractivity contribution in [3.63, 3.8) is 0 Å². The highest BCUT2D eigenvalue weighted by molar-refractivity contribution is 9.10. The van der Waals surface area contributed by atoms with E-state index in [0.717, 1.165) is 35.5 Å². The second-order valence-electron chi connectivity index (χ2n) is 5.87. The summed E-state index contributed by atoms with van der Waals surface area (Å²) in [5.41, 5.74) is 0. The normalized spacial score (nSPS) is 15.1. The van der Waals surface area contributed by atoms with Gasteiger partial charge in [-0.2, -0.15) is 0 Å². The molecule has 0 atom stereocenters. The maximum Gasteiger partial charge on any atom is 0.289 e. The molecule has 1 fully saturated rings. The van der Waals surface area contributed by atoms with E-state index in [-0.39, 0.29) is 5.91 Å². The number of fused-ring (bicyclic) bond motifs is 1. The fourth-order valence-electron chi connectivity index (χ4n) is 3.03. The van der Waals surface area contributed by atoms with Gasteiger partial charge in [0.15, 0.2) is 10.4 Å². The van der Waals surface area contributed by atoms with Gasteiger partial charge in [0.05, 0.1) is 5.39 Å². The van der Waals surface area contributed by atoms with E-state index in [9.17, 15) is 4.79 Å². The third-order valence-electron chi connectivity index (χ3n) is 4.36. The number of rotatable bonds is 3. The minimum absolute atomic E-state index is 0.0676. The molecule has 1 saturated heterocycles. The van der Waals surface area contributed by atoms with Gasteiger partial charge in [-0.15, -0.1) is 11.3 Å². The van der Waals surface area contributed by atoms with Gasteiger partial charge in [-0.05, 0) is 40.5 Å². The van der Waals surface area contributed by atoms with Crippen molar-refractivity contribution < 1.29 is 9.21 Å². The van der Waals surface area contributed by atoms with Crippen LogP contribution in [-0.2, 0) is 6.42 Å². The van der Waals surface area contributed by atoms with E-state index in [2.05, 4.69) is 43.8 Å². The smallest absolute Gasteiger partial charge is 0.289 e. The fourth-order valence-corrected chi connectivity index (χ4v) is 4.26. The van der Waals surface area contributed by atoms with E-state index in [4.69, 9.17) is 4.42 Å². The van der Waals surface area contributed by atoms with Crippen LogP contribution in [0.15, 0.2) is 33.6 Å². The molecule has 0 spiro atoms. The number of hydrogen-bond donors (Lipinski definition) is 0. The fraction of sp³-hybridized carbons (Fsp3) is 0.353. The minimum Gasteiger partial charge on any atom is -0.444 e. The zero-order valence-electron chi connectivity index (χ0n) is 13.7. The Hall–Kier alpha value is -1.93. The molecule has 0 N–H and O–H groups in total. The maximum atomic E-state index is 12.5. The molecule has 0 radical (unpaired) electrons. The molecule has 1 aliphatic heterocycles. The van der Waals surface area contributed by atoms with Crippen LogP contribution in [0.25, 0.3) is 10.2 Å². The van der Waals surface area contributed by atoms with Gasteiger partial charge < -0.3 is 14.2 Å². The van der Waals surface area contributed by atoms with Crippen molar-refractivity contribution in [2.75, 3.05) is 31.1 Å². The number of hydrogen-bond acceptors (Lipinski definition) is 6. The zero-order valence-corrected chi connectivity index (χ0v) is 16.1. The number of aromatic nitrogens is 2. The first-order valence-electron chi connectivity index (χ1n) is 8.18. The molecule has 4 heterocycles. The van der Waals surface area contributed by atoms with Gasteiger partial charge in [0.2, 0.25) is 0 Å². The molecular formula is C17H17BrN4O2S. The van der Waals surface area contributed by atoms with Crippen molar-refractivity contribution in [1.82, 2.24) is 14.9 Å². The van der Waals surface area contributed by atoms with E-state index in [1.807, 2.05) is 4.90 Å². The SMILES string of the molecule is CCc1cc2c(N3CCN(C(=O)c4ccc(Br)o4)CC3)ncnc2s1. The van der Waals surface area contributed by atoms with Crippen molar-refractivity contribution in [2.24, 2.45) is 0 Å². The van der Waals surface area contributed by atoms with E-state index < -0.39 is 0 Å². The van der Waals surface area contributed by atoms with Crippen LogP contribution in [0.2, 0.25) is 0 Å². The summed E-state index contributed by atoms with van der Waals surface area (Å²) in [4.78, 5) is 27.8. The van der Waals surface area contributed by atoms with Crippen LogP contribution in [0.1, 0.15) is 22.4 Å². The summed E-state index contributed by atoms with van der Waals surface area (Å²) in [6.45, 7) is 4.93. The first-order valence-corrected chi connectivity index (χ1v) is 9.79. The summed E-state index contributed by atoms with van der Waals surface area (Å²) >= 11 is 4.96. The van der Waals surface area contributed by atoms with E-state index in [0.29, 0.717) is 23.5 Å². The Balaban J connectivity index is 1.50. The molecule has 4 rings (SSSR count). The summed E-state index contributed by atoms with van der Waals surface area (Å²) < 4.78 is 5.95. The lowest BCUT2D eigenvalue weighted by Crippen LogP contribution is -2.49. The Morgan fingerprint density at radius 3 is 2.76 bits per heavy atom. The van der Waals surface area contributed by atoms with Crippen LogP contribution < -0.4 is 4.90 Å². The lowest BCUT2D eigenvalue weighted by atomic mass is 10.2. The predicted molar refractivity (Wildman–Crippen MR) is 101 cm³/mol. The summed E-state index contributed by atoms with van der Waals surface area (Å²) in [5, 5.41) is 1.11. The number of furan rings is 1. The average molecular weight is 421 g/mol. The molecule has 1 aliphatic rings. The summed E-state index contributed by atoms with van der Waals surface area (Å²) in [7, 11) is 0. The number of nitrogens with zero attached hydrogens (tertiary/aromatic N) is 4. The monoisotopic (exact) mass is 420 g/mol. The molecule has 0 bridgehead atoms. The third kappa shape index (κ3) is 3.16. The van der Waals surface area contributed by atoms with Crippen LogP contribution in [0.3, 0.4) is 0 Å². The number of thiophene rings is 1. The number of piperazine rings is 1. The number of anilines is 1. The molecule has 0 aromatic carbocycles. The lowest BCUT2D eigenvalue weighted by Gasteiger charge is -2.35. The molecule has 130 valence electrons. The van der Waals surface area contributed by atoms with Gasteiger partial charge in [0.1, 0.15) is 17.0 Å². The molecule has 8 heteroatoms. The van der Waals surface area contributed by atoms with Gasteiger partial charge in [0, 0.05) is 31.1 Å². The Labute approximate surface area is 157 Å². The quantitative estimate of drug-likeness (QED) is 0.647. The Morgan fingerprint density at radius 2 is 2.08 bits per heavy atom. The van der Waals surface area contributed by atoms with Crippen LogP contribution in [0.4, 0.5) is 5.82 Å². The molecule has 3 aromatic rings. The van der Waals surface area contributed by atoms with Crippen LogP contribution >= 0.6 is 27.3 Å². The number of amides is 1. The molecule has 0 aliphatic carbocycles. The van der Waals surface area contributed by atoms with Gasteiger partial charge in [0.25, 0.3) is 5.91 Å². The first-order chi connectivity index (χ1) is 12.2. The Morgan fingerprint density at radius 1 is 1.28 bits per heavy atom. The predicted octanol–water partition coefficient (Wildman–Crippen LogP) is 3.57. The van der Waals surface area contributed by atoms with Crippen LogP contribution in [0.5, 0.6) is 0 Å². The third-order valence-corrected chi connectivity index (χ3v) is 5.97. The maximum absolute atomic E-state index is 12.5. The van der Waals surface area contributed by atoms with Gasteiger partial charge in [-0.25, -0.2) is 9.97 Å². The molecule has 0 saturated carbocycles. The van der Waals surface area contributed by atoms with Crippen LogP contribution in [-0.4, -0.2) is 47.0 Å². The standard InChI is InChI=1S/C17H17BrN4O2S/c1-2-11-9-12-15(19-10-20-16(12)25-11)21-5-7-22(8-6-21)17(23)13-3-4-14(18)24-13/h3-4,9-10H,2,5-8H2,1H3. The summed E-state index contributed by atoms with van der Waals surface area (Å²) in [6, 6.07) is 5.63. The zero-order chi connectivity index (χ0) is 17.4. The van der Waals surface area contributed by atoms with E-state index in [1.165, 1.54) is 4.88 Å². The minimum atomic E-state index is -0.0676. The number of aryl methyl sites for hydroxylation is 1. The van der Waals surface area contributed by atoms with E-state index >= 15 is 0 Å². The van der Waals surface area contributed by atoms with Gasteiger partial charge in [-0.1, -0.05) is 6.92 Å². The summed E-state index contributed by atoms with van der Waals surface area (Å²) in [5.74, 6) is 1.27. The topological polar surface area (TPSA) is 62.5 Å². The van der Waals surface area contributed by atoms with Crippen molar-refractivity contribution in [1.29, 1.82) is 0 Å². The second kappa shape index (κ2) is 6.76. The lowest BCUT2D eigenvalue weighted by molar-refractivity contribution is 0.0713. The van der Waals surface area contributed by atoms with Gasteiger partial charge >= 0.3 is 0 Å². The highest BCUT2D eigenvalue weighted by Gasteiger charge is 2.26. The number of carbonyl (C=O) groups is 1. The molecule has 1 amide bonds. The number of halogens is 1. The Bertz CT molecular complexity index is 914. The molecule has 6 nitrogen and oxygen atoms in total. The van der Waals surface area contributed by atoms with Crippen molar-refractivity contribution in [2.45, 2.75) is 13.3 Å². The van der Waals surface area contributed by atoms with Crippen LogP contribution in [0, 0.1) is 0 Å². The van der Waals surface area contributed by atoms with Crippen molar-refractivity contribution >= 4 is 49.2 Å².